The van der Waals surface area contributed by atoms with Crippen molar-refractivity contribution < 1.29 is 14.0 Å². The summed E-state index contributed by atoms with van der Waals surface area (Å²) in [4.78, 5) is 25.5. The van der Waals surface area contributed by atoms with Crippen LogP contribution in [0, 0.1) is 5.82 Å². The second-order valence-corrected chi connectivity index (χ2v) is 7.29. The van der Waals surface area contributed by atoms with Gasteiger partial charge < -0.3 is 4.90 Å². The molecule has 0 saturated heterocycles. The van der Waals surface area contributed by atoms with Gasteiger partial charge in [0.15, 0.2) is 0 Å². The van der Waals surface area contributed by atoms with Gasteiger partial charge in [-0.25, -0.2) is 9.40 Å². The van der Waals surface area contributed by atoms with E-state index in [1.165, 1.54) is 17.1 Å². The number of H-pyrrole nitrogens is 1. The number of aromatic amines is 1. The lowest BCUT2D eigenvalue weighted by atomic mass is 10.1. The van der Waals surface area contributed by atoms with Gasteiger partial charge in [0.2, 0.25) is 5.91 Å². The Hall–Kier alpha value is -3.03. The van der Waals surface area contributed by atoms with Crippen LogP contribution in [0.1, 0.15) is 37.8 Å². The van der Waals surface area contributed by atoms with Crippen LogP contribution in [0.4, 0.5) is 4.39 Å². The molecule has 29 heavy (non-hydrogen) atoms. The zero-order valence-electron chi connectivity index (χ0n) is 16.8. The molecule has 7 nitrogen and oxygen atoms in total. The first-order valence-corrected chi connectivity index (χ1v) is 9.84. The third-order valence-electron chi connectivity index (χ3n) is 5.01. The highest BCUT2D eigenvalue weighted by Crippen LogP contribution is 2.19. The molecular formula is C21H26FN5O2. The number of carbonyl (C=O) groups excluding carboxylic acids is 2. The Bertz CT molecular complexity index is 891. The average Bonchev–Trinajstić information content (AvgIpc) is 3.18. The molecule has 0 bridgehead atoms. The van der Waals surface area contributed by atoms with E-state index < -0.39 is 0 Å². The SMILES string of the molecule is CN(CCCCCc1cc(-c2ccc(F)cc2)n[nH]1)C(=O)C1=NN(C)C(=O)CC1. The number of hydrogen-bond donors (Lipinski definition) is 1. The molecule has 1 aliphatic rings. The number of amides is 2. The largest absolute Gasteiger partial charge is 0.341 e. The van der Waals surface area contributed by atoms with Gasteiger partial charge in [0.1, 0.15) is 11.5 Å². The second-order valence-electron chi connectivity index (χ2n) is 7.29. The highest BCUT2D eigenvalue weighted by atomic mass is 19.1. The van der Waals surface area contributed by atoms with Gasteiger partial charge in [0.05, 0.1) is 5.69 Å². The third kappa shape index (κ3) is 5.49. The van der Waals surface area contributed by atoms with Gasteiger partial charge in [-0.3, -0.25) is 14.7 Å². The zero-order chi connectivity index (χ0) is 20.8. The molecule has 1 aromatic heterocycles. The van der Waals surface area contributed by atoms with E-state index in [-0.39, 0.29) is 17.6 Å². The Morgan fingerprint density at radius 2 is 1.97 bits per heavy atom. The van der Waals surface area contributed by atoms with Crippen molar-refractivity contribution in [2.45, 2.75) is 38.5 Å². The van der Waals surface area contributed by atoms with Gasteiger partial charge >= 0.3 is 0 Å². The van der Waals surface area contributed by atoms with Gasteiger partial charge in [-0.05, 0) is 49.6 Å². The number of carbonyl (C=O) groups is 2. The molecule has 0 saturated carbocycles. The summed E-state index contributed by atoms with van der Waals surface area (Å²) < 4.78 is 13.0. The summed E-state index contributed by atoms with van der Waals surface area (Å²) in [7, 11) is 3.34. The van der Waals surface area contributed by atoms with Gasteiger partial charge in [-0.15, -0.1) is 0 Å². The summed E-state index contributed by atoms with van der Waals surface area (Å²) in [5, 5.41) is 12.6. The molecule has 0 fully saturated rings. The molecule has 1 aromatic carbocycles. The van der Waals surface area contributed by atoms with Crippen LogP contribution in [0.2, 0.25) is 0 Å². The highest BCUT2D eigenvalue weighted by Gasteiger charge is 2.23. The fraction of sp³-hybridized carbons (Fsp3) is 0.429. The minimum Gasteiger partial charge on any atom is -0.341 e. The maximum atomic E-state index is 13.0. The number of rotatable bonds is 8. The van der Waals surface area contributed by atoms with Gasteiger partial charge in [-0.1, -0.05) is 6.42 Å². The fourth-order valence-corrected chi connectivity index (χ4v) is 3.24. The zero-order valence-corrected chi connectivity index (χ0v) is 16.8. The van der Waals surface area contributed by atoms with Crippen molar-refractivity contribution in [3.8, 4) is 11.3 Å². The summed E-state index contributed by atoms with van der Waals surface area (Å²) in [6.07, 6.45) is 4.45. The van der Waals surface area contributed by atoms with E-state index >= 15 is 0 Å². The molecule has 0 radical (unpaired) electrons. The van der Waals surface area contributed by atoms with Crippen LogP contribution < -0.4 is 0 Å². The second kappa shape index (κ2) is 9.45. The van der Waals surface area contributed by atoms with Crippen LogP contribution in [0.25, 0.3) is 11.3 Å². The summed E-state index contributed by atoms with van der Waals surface area (Å²) in [5.41, 5.74) is 3.17. The number of unbranched alkanes of at least 4 members (excludes halogenated alkanes) is 2. The molecule has 154 valence electrons. The number of aromatic nitrogens is 2. The average molecular weight is 399 g/mol. The first-order valence-electron chi connectivity index (χ1n) is 9.84. The van der Waals surface area contributed by atoms with E-state index in [0.717, 1.165) is 42.6 Å². The summed E-state index contributed by atoms with van der Waals surface area (Å²) in [6.45, 7) is 0.652. The molecule has 3 rings (SSSR count). The number of hydrogen-bond acceptors (Lipinski definition) is 4. The molecule has 0 spiro atoms. The molecule has 0 atom stereocenters. The maximum Gasteiger partial charge on any atom is 0.269 e. The van der Waals surface area contributed by atoms with Crippen LogP contribution in [-0.4, -0.2) is 58.3 Å². The van der Waals surface area contributed by atoms with E-state index in [0.29, 0.717) is 25.1 Å². The van der Waals surface area contributed by atoms with Crippen molar-refractivity contribution in [2.75, 3.05) is 20.6 Å². The first kappa shape index (κ1) is 20.7. The van der Waals surface area contributed by atoms with Crippen LogP contribution in [0.3, 0.4) is 0 Å². The Morgan fingerprint density at radius 3 is 2.69 bits per heavy atom. The molecule has 0 aliphatic carbocycles. The first-order chi connectivity index (χ1) is 13.9. The van der Waals surface area contributed by atoms with Crippen molar-refractivity contribution >= 4 is 17.5 Å². The van der Waals surface area contributed by atoms with E-state index in [2.05, 4.69) is 15.3 Å². The van der Waals surface area contributed by atoms with E-state index in [1.807, 2.05) is 6.07 Å². The smallest absolute Gasteiger partial charge is 0.269 e. The molecule has 1 aliphatic heterocycles. The van der Waals surface area contributed by atoms with Crippen LogP contribution in [-0.2, 0) is 16.0 Å². The Balaban J connectivity index is 1.39. The monoisotopic (exact) mass is 399 g/mol. The third-order valence-corrected chi connectivity index (χ3v) is 5.01. The lowest BCUT2D eigenvalue weighted by Crippen LogP contribution is -2.39. The summed E-state index contributed by atoms with van der Waals surface area (Å²) >= 11 is 0. The number of halogens is 1. The van der Waals surface area contributed by atoms with E-state index in [9.17, 15) is 14.0 Å². The number of hydrazone groups is 1. The minimum absolute atomic E-state index is 0.0643. The van der Waals surface area contributed by atoms with Crippen LogP contribution in [0.15, 0.2) is 35.4 Å². The Morgan fingerprint density at radius 1 is 1.21 bits per heavy atom. The normalized spacial score (nSPS) is 14.1. The number of nitrogens with zero attached hydrogens (tertiary/aromatic N) is 4. The molecule has 2 aromatic rings. The number of aryl methyl sites for hydroxylation is 1. The number of nitrogens with one attached hydrogen (secondary N) is 1. The predicted molar refractivity (Wildman–Crippen MR) is 109 cm³/mol. The van der Waals surface area contributed by atoms with Crippen LogP contribution >= 0.6 is 0 Å². The minimum atomic E-state index is -0.260. The van der Waals surface area contributed by atoms with Crippen molar-refractivity contribution in [1.29, 1.82) is 0 Å². The molecule has 1 N–H and O–H groups in total. The molecule has 2 heterocycles. The topological polar surface area (TPSA) is 81.7 Å². The van der Waals surface area contributed by atoms with Gasteiger partial charge in [0.25, 0.3) is 5.91 Å². The van der Waals surface area contributed by atoms with E-state index in [1.54, 1.807) is 31.1 Å². The molecule has 8 heteroatoms. The molecule has 2 amide bonds. The lowest BCUT2D eigenvalue weighted by Gasteiger charge is -2.23. The quantitative estimate of drug-likeness (QED) is 0.693. The summed E-state index contributed by atoms with van der Waals surface area (Å²) in [5.74, 6) is -0.434. The predicted octanol–water partition coefficient (Wildman–Crippen LogP) is 3.00. The van der Waals surface area contributed by atoms with Crippen molar-refractivity contribution in [1.82, 2.24) is 20.1 Å². The van der Waals surface area contributed by atoms with Crippen molar-refractivity contribution in [3.05, 3.63) is 41.8 Å². The van der Waals surface area contributed by atoms with Crippen LogP contribution in [0.5, 0.6) is 0 Å². The fourth-order valence-electron chi connectivity index (χ4n) is 3.24. The van der Waals surface area contributed by atoms with Crippen molar-refractivity contribution in [2.24, 2.45) is 5.10 Å². The standard InChI is InChI=1S/C21H26FN5O2/c1-26(21(29)18-11-12-20(28)27(2)25-18)13-5-3-4-6-17-14-19(24-23-17)15-7-9-16(22)10-8-15/h7-10,14H,3-6,11-13H2,1-2H3,(H,23,24). The highest BCUT2D eigenvalue weighted by molar-refractivity contribution is 6.39. The summed E-state index contributed by atoms with van der Waals surface area (Å²) in [6, 6.07) is 8.27. The van der Waals surface area contributed by atoms with Gasteiger partial charge in [0, 0.05) is 44.7 Å². The van der Waals surface area contributed by atoms with E-state index in [4.69, 9.17) is 0 Å². The maximum absolute atomic E-state index is 13.0. The van der Waals surface area contributed by atoms with Gasteiger partial charge in [-0.2, -0.15) is 10.2 Å². The number of benzene rings is 1. The lowest BCUT2D eigenvalue weighted by molar-refractivity contribution is -0.130. The molecule has 0 unspecified atom stereocenters. The molecular weight excluding hydrogens is 373 g/mol. The Kier molecular flexibility index (Phi) is 6.74. The Labute approximate surface area is 169 Å². The van der Waals surface area contributed by atoms with Crippen molar-refractivity contribution in [3.63, 3.8) is 0 Å².